The van der Waals surface area contributed by atoms with Crippen molar-refractivity contribution in [1.82, 2.24) is 20.8 Å². The zero-order valence-corrected chi connectivity index (χ0v) is 8.33. The normalized spacial score (nSPS) is 20.7. The van der Waals surface area contributed by atoms with Gasteiger partial charge >= 0.3 is 0 Å². The van der Waals surface area contributed by atoms with E-state index in [0.717, 1.165) is 11.3 Å². The maximum absolute atomic E-state index is 11.2. The summed E-state index contributed by atoms with van der Waals surface area (Å²) in [5.74, 6) is -0.470. The molecule has 6 nitrogen and oxygen atoms in total. The average molecular weight is 208 g/mol. The van der Waals surface area contributed by atoms with E-state index < -0.39 is 6.04 Å². The van der Waals surface area contributed by atoms with E-state index in [0.29, 0.717) is 6.54 Å². The lowest BCUT2D eigenvalue weighted by Gasteiger charge is -2.07. The molecule has 1 saturated heterocycles. The van der Waals surface area contributed by atoms with Crippen molar-refractivity contribution in [3.05, 3.63) is 17.5 Å². The van der Waals surface area contributed by atoms with E-state index in [1.807, 2.05) is 6.92 Å². The molecule has 15 heavy (non-hydrogen) atoms. The summed E-state index contributed by atoms with van der Waals surface area (Å²) in [6, 6.07) is -0.410. The molecule has 1 atom stereocenters. The van der Waals surface area contributed by atoms with Gasteiger partial charge in [-0.15, -0.1) is 0 Å². The Kier molecular flexibility index (Phi) is 2.51. The molecule has 2 rings (SSSR count). The number of imide groups is 1. The summed E-state index contributed by atoms with van der Waals surface area (Å²) >= 11 is 0. The van der Waals surface area contributed by atoms with E-state index in [1.165, 1.54) is 0 Å². The fourth-order valence-electron chi connectivity index (χ4n) is 1.51. The summed E-state index contributed by atoms with van der Waals surface area (Å²) in [4.78, 5) is 22.1. The Morgan fingerprint density at radius 2 is 2.40 bits per heavy atom. The first kappa shape index (κ1) is 9.85. The SMILES string of the molecule is Cc1[nH]ncc1CNC1CC(=O)NC1=O. The van der Waals surface area contributed by atoms with E-state index in [9.17, 15) is 9.59 Å². The zero-order chi connectivity index (χ0) is 10.8. The van der Waals surface area contributed by atoms with Crippen LogP contribution < -0.4 is 10.6 Å². The van der Waals surface area contributed by atoms with Crippen LogP contribution in [0.4, 0.5) is 0 Å². The van der Waals surface area contributed by atoms with Crippen LogP contribution in [0.5, 0.6) is 0 Å². The Balaban J connectivity index is 1.91. The number of aromatic amines is 1. The third-order valence-electron chi connectivity index (χ3n) is 2.44. The molecule has 0 radical (unpaired) electrons. The molecule has 1 aliphatic heterocycles. The first-order valence-corrected chi connectivity index (χ1v) is 4.72. The maximum atomic E-state index is 11.2. The Bertz CT molecular complexity index is 399. The monoisotopic (exact) mass is 208 g/mol. The summed E-state index contributed by atoms with van der Waals surface area (Å²) in [6.45, 7) is 2.44. The molecule has 2 heterocycles. The van der Waals surface area contributed by atoms with Crippen LogP contribution in [-0.2, 0) is 16.1 Å². The van der Waals surface area contributed by atoms with E-state index in [4.69, 9.17) is 0 Å². The van der Waals surface area contributed by atoms with E-state index in [2.05, 4.69) is 20.8 Å². The number of hydrogen-bond donors (Lipinski definition) is 3. The number of aryl methyl sites for hydroxylation is 1. The largest absolute Gasteiger partial charge is 0.301 e. The third-order valence-corrected chi connectivity index (χ3v) is 2.44. The van der Waals surface area contributed by atoms with Gasteiger partial charge in [0.25, 0.3) is 0 Å². The lowest BCUT2D eigenvalue weighted by atomic mass is 10.2. The molecule has 1 aromatic rings. The van der Waals surface area contributed by atoms with Crippen LogP contribution in [0.25, 0.3) is 0 Å². The second-order valence-electron chi connectivity index (χ2n) is 3.57. The molecule has 0 bridgehead atoms. The fraction of sp³-hybridized carbons (Fsp3) is 0.444. The summed E-state index contributed by atoms with van der Waals surface area (Å²) in [6.07, 6.45) is 1.92. The molecule has 1 fully saturated rings. The molecule has 1 unspecified atom stereocenters. The number of hydrogen-bond acceptors (Lipinski definition) is 4. The first-order chi connectivity index (χ1) is 7.16. The molecule has 3 N–H and O–H groups in total. The van der Waals surface area contributed by atoms with Crippen molar-refractivity contribution < 1.29 is 9.59 Å². The standard InChI is InChI=1S/C9H12N4O2/c1-5-6(4-11-13-5)3-10-7-2-8(14)12-9(7)15/h4,7,10H,2-3H2,1H3,(H,11,13)(H,12,14,15). The predicted octanol–water partition coefficient (Wildman–Crippen LogP) is -0.777. The number of aromatic nitrogens is 2. The fourth-order valence-corrected chi connectivity index (χ4v) is 1.51. The van der Waals surface area contributed by atoms with Crippen molar-refractivity contribution >= 4 is 11.8 Å². The maximum Gasteiger partial charge on any atom is 0.244 e. The number of H-pyrrole nitrogens is 1. The summed E-state index contributed by atoms with van der Waals surface area (Å²) in [5, 5.41) is 11.9. The number of rotatable bonds is 3. The van der Waals surface area contributed by atoms with Gasteiger partial charge in [0.2, 0.25) is 11.8 Å². The predicted molar refractivity (Wildman–Crippen MR) is 51.7 cm³/mol. The van der Waals surface area contributed by atoms with Gasteiger partial charge in [-0.2, -0.15) is 5.10 Å². The van der Waals surface area contributed by atoms with Crippen molar-refractivity contribution in [2.75, 3.05) is 0 Å². The van der Waals surface area contributed by atoms with Gasteiger partial charge in [-0.1, -0.05) is 0 Å². The Labute approximate surface area is 86.4 Å². The van der Waals surface area contributed by atoms with E-state index in [1.54, 1.807) is 6.20 Å². The molecule has 6 heteroatoms. The molecule has 0 aromatic carbocycles. The molecule has 1 aliphatic rings. The molecule has 1 aromatic heterocycles. The number of carbonyl (C=O) groups is 2. The third kappa shape index (κ3) is 2.04. The number of carbonyl (C=O) groups excluding carboxylic acids is 2. The Morgan fingerprint density at radius 1 is 1.60 bits per heavy atom. The van der Waals surface area contributed by atoms with Gasteiger partial charge in [-0.05, 0) is 6.92 Å². The highest BCUT2D eigenvalue weighted by molar-refractivity contribution is 6.05. The van der Waals surface area contributed by atoms with E-state index >= 15 is 0 Å². The molecule has 0 spiro atoms. The summed E-state index contributed by atoms with van der Waals surface area (Å²) < 4.78 is 0. The highest BCUT2D eigenvalue weighted by Gasteiger charge is 2.29. The van der Waals surface area contributed by atoms with Crippen LogP contribution in [0.1, 0.15) is 17.7 Å². The molecule has 0 aliphatic carbocycles. The van der Waals surface area contributed by atoms with Crippen LogP contribution in [-0.4, -0.2) is 28.1 Å². The van der Waals surface area contributed by atoms with Gasteiger partial charge in [0, 0.05) is 17.8 Å². The first-order valence-electron chi connectivity index (χ1n) is 4.72. The molecular weight excluding hydrogens is 196 g/mol. The van der Waals surface area contributed by atoms with Crippen LogP contribution in [0, 0.1) is 6.92 Å². The van der Waals surface area contributed by atoms with Crippen LogP contribution >= 0.6 is 0 Å². The average Bonchev–Trinajstić information content (AvgIpc) is 2.70. The number of amides is 2. The molecule has 80 valence electrons. The molecular formula is C9H12N4O2. The Morgan fingerprint density at radius 3 is 2.93 bits per heavy atom. The minimum absolute atomic E-state index is 0.218. The minimum atomic E-state index is -0.410. The lowest BCUT2D eigenvalue weighted by molar-refractivity contribution is -0.125. The highest BCUT2D eigenvalue weighted by Crippen LogP contribution is 2.05. The summed E-state index contributed by atoms with van der Waals surface area (Å²) in [5.41, 5.74) is 1.97. The second kappa shape index (κ2) is 3.82. The topological polar surface area (TPSA) is 86.9 Å². The van der Waals surface area contributed by atoms with Gasteiger partial charge in [0.1, 0.15) is 0 Å². The minimum Gasteiger partial charge on any atom is -0.301 e. The van der Waals surface area contributed by atoms with Gasteiger partial charge in [-0.25, -0.2) is 0 Å². The zero-order valence-electron chi connectivity index (χ0n) is 8.33. The van der Waals surface area contributed by atoms with Crippen molar-refractivity contribution in [3.63, 3.8) is 0 Å². The van der Waals surface area contributed by atoms with Crippen LogP contribution in [0.15, 0.2) is 6.20 Å². The summed E-state index contributed by atoms with van der Waals surface area (Å²) in [7, 11) is 0. The van der Waals surface area contributed by atoms with E-state index in [-0.39, 0.29) is 18.2 Å². The van der Waals surface area contributed by atoms with Crippen molar-refractivity contribution in [3.8, 4) is 0 Å². The van der Waals surface area contributed by atoms with Gasteiger partial charge in [-0.3, -0.25) is 20.0 Å². The number of nitrogens with one attached hydrogen (secondary N) is 3. The number of nitrogens with zero attached hydrogens (tertiary/aromatic N) is 1. The quantitative estimate of drug-likeness (QED) is 0.569. The van der Waals surface area contributed by atoms with Crippen LogP contribution in [0.2, 0.25) is 0 Å². The molecule has 0 saturated carbocycles. The smallest absolute Gasteiger partial charge is 0.244 e. The molecule has 2 amide bonds. The highest BCUT2D eigenvalue weighted by atomic mass is 16.2. The second-order valence-corrected chi connectivity index (χ2v) is 3.57. The van der Waals surface area contributed by atoms with Crippen molar-refractivity contribution in [2.45, 2.75) is 25.9 Å². The Hall–Kier alpha value is -1.69. The van der Waals surface area contributed by atoms with Crippen molar-refractivity contribution in [1.29, 1.82) is 0 Å². The van der Waals surface area contributed by atoms with Crippen molar-refractivity contribution in [2.24, 2.45) is 0 Å². The van der Waals surface area contributed by atoms with Gasteiger partial charge < -0.3 is 5.32 Å². The van der Waals surface area contributed by atoms with Gasteiger partial charge in [0.15, 0.2) is 0 Å². The lowest BCUT2D eigenvalue weighted by Crippen LogP contribution is -2.35. The van der Waals surface area contributed by atoms with Crippen LogP contribution in [0.3, 0.4) is 0 Å². The van der Waals surface area contributed by atoms with Gasteiger partial charge in [0.05, 0.1) is 18.7 Å².